The van der Waals surface area contributed by atoms with E-state index < -0.39 is 5.60 Å². The molecule has 0 aliphatic heterocycles. The molecule has 96 valence electrons. The second-order valence-corrected chi connectivity index (χ2v) is 5.34. The van der Waals surface area contributed by atoms with Crippen molar-refractivity contribution in [3.8, 4) is 0 Å². The maximum absolute atomic E-state index is 12.3. The number of hydrogen-bond acceptors (Lipinski definition) is 2. The Morgan fingerprint density at radius 2 is 1.94 bits per heavy atom. The van der Waals surface area contributed by atoms with Crippen molar-refractivity contribution in [2.75, 3.05) is 0 Å². The summed E-state index contributed by atoms with van der Waals surface area (Å²) in [6.45, 7) is 10.2. The van der Waals surface area contributed by atoms with E-state index in [1.54, 1.807) is 24.5 Å². The van der Waals surface area contributed by atoms with Crippen molar-refractivity contribution < 1.29 is 5.11 Å². The quantitative estimate of drug-likeness (QED) is 0.874. The van der Waals surface area contributed by atoms with Gasteiger partial charge in [-0.2, -0.15) is 0 Å². The second-order valence-electron chi connectivity index (χ2n) is 5.34. The van der Waals surface area contributed by atoms with E-state index in [1.165, 1.54) is 0 Å². The number of aliphatic hydroxyl groups is 1. The third kappa shape index (κ3) is 2.97. The fraction of sp³-hybridized carbons (Fsp3) is 0.643. The Balaban J connectivity index is 3.44. The van der Waals surface area contributed by atoms with Crippen LogP contribution < -0.4 is 5.56 Å². The molecule has 0 unspecified atom stereocenters. The van der Waals surface area contributed by atoms with Gasteiger partial charge in [0.1, 0.15) is 0 Å². The molecule has 0 aromatic carbocycles. The lowest BCUT2D eigenvalue weighted by molar-refractivity contribution is 0.0764. The van der Waals surface area contributed by atoms with E-state index in [9.17, 15) is 9.90 Å². The summed E-state index contributed by atoms with van der Waals surface area (Å²) in [5, 5.41) is 9.98. The van der Waals surface area contributed by atoms with Gasteiger partial charge in [-0.3, -0.25) is 4.79 Å². The third-order valence-corrected chi connectivity index (χ3v) is 2.91. The van der Waals surface area contributed by atoms with Crippen LogP contribution in [0.2, 0.25) is 0 Å². The molecule has 1 aromatic rings. The molecule has 1 rings (SSSR count). The number of aromatic nitrogens is 1. The van der Waals surface area contributed by atoms with Crippen molar-refractivity contribution in [2.24, 2.45) is 0 Å². The molecule has 0 radical (unpaired) electrons. The highest BCUT2D eigenvalue weighted by Crippen LogP contribution is 2.19. The van der Waals surface area contributed by atoms with Gasteiger partial charge in [0.25, 0.3) is 5.56 Å². The molecule has 0 aliphatic rings. The highest BCUT2D eigenvalue weighted by molar-refractivity contribution is 5.22. The third-order valence-electron chi connectivity index (χ3n) is 2.91. The van der Waals surface area contributed by atoms with E-state index in [1.807, 2.05) is 13.0 Å². The van der Waals surface area contributed by atoms with E-state index in [-0.39, 0.29) is 5.56 Å². The van der Waals surface area contributed by atoms with E-state index in [2.05, 4.69) is 13.8 Å². The Labute approximate surface area is 103 Å². The second kappa shape index (κ2) is 5.05. The van der Waals surface area contributed by atoms with E-state index in [4.69, 9.17) is 0 Å². The molecule has 17 heavy (non-hydrogen) atoms. The van der Waals surface area contributed by atoms with E-state index >= 15 is 0 Å². The van der Waals surface area contributed by atoms with Crippen LogP contribution in [0, 0.1) is 0 Å². The summed E-state index contributed by atoms with van der Waals surface area (Å²) in [5.74, 6) is 0.310. The number of nitrogens with zero attached hydrogens (tertiary/aromatic N) is 1. The molecule has 1 heterocycles. The van der Waals surface area contributed by atoms with Gasteiger partial charge in [0.15, 0.2) is 0 Å². The van der Waals surface area contributed by atoms with Crippen molar-refractivity contribution in [1.29, 1.82) is 0 Å². The smallest absolute Gasteiger partial charge is 0.256 e. The minimum Gasteiger partial charge on any atom is -0.386 e. The van der Waals surface area contributed by atoms with Gasteiger partial charge >= 0.3 is 0 Å². The Kier molecular flexibility index (Phi) is 4.15. The van der Waals surface area contributed by atoms with Crippen molar-refractivity contribution >= 4 is 0 Å². The minimum atomic E-state index is -1.08. The van der Waals surface area contributed by atoms with Gasteiger partial charge in [-0.1, -0.05) is 20.8 Å². The zero-order chi connectivity index (χ0) is 13.2. The Bertz CT molecular complexity index is 439. The maximum Gasteiger partial charge on any atom is 0.256 e. The maximum atomic E-state index is 12.3. The molecular weight excluding hydrogens is 214 g/mol. The molecule has 0 saturated carbocycles. The van der Waals surface area contributed by atoms with Crippen LogP contribution in [0.25, 0.3) is 0 Å². The van der Waals surface area contributed by atoms with E-state index in [0.29, 0.717) is 18.0 Å². The SMILES string of the molecule is CCCn1c(C(C)C)ccc(C(C)(C)O)c1=O. The molecule has 0 amide bonds. The van der Waals surface area contributed by atoms with Gasteiger partial charge < -0.3 is 9.67 Å². The van der Waals surface area contributed by atoms with Crippen LogP contribution in [0.1, 0.15) is 58.2 Å². The fourth-order valence-corrected chi connectivity index (χ4v) is 2.02. The van der Waals surface area contributed by atoms with Crippen LogP contribution in [0.4, 0.5) is 0 Å². The van der Waals surface area contributed by atoms with Gasteiger partial charge in [0, 0.05) is 17.8 Å². The predicted octanol–water partition coefficient (Wildman–Crippen LogP) is 2.61. The summed E-state index contributed by atoms with van der Waals surface area (Å²) >= 11 is 0. The molecule has 0 atom stereocenters. The highest BCUT2D eigenvalue weighted by Gasteiger charge is 2.22. The standard InChI is InChI=1S/C14H23NO2/c1-6-9-15-12(10(2)3)8-7-11(13(15)16)14(4,5)17/h7-8,10,17H,6,9H2,1-5H3. The van der Waals surface area contributed by atoms with Crippen LogP contribution in [0.3, 0.4) is 0 Å². The first kappa shape index (κ1) is 14.0. The van der Waals surface area contributed by atoms with Gasteiger partial charge in [-0.25, -0.2) is 0 Å². The molecular formula is C14H23NO2. The fourth-order valence-electron chi connectivity index (χ4n) is 2.02. The van der Waals surface area contributed by atoms with Crippen LogP contribution in [0.15, 0.2) is 16.9 Å². The number of hydrogen-bond donors (Lipinski definition) is 1. The first-order valence-corrected chi connectivity index (χ1v) is 6.25. The summed E-state index contributed by atoms with van der Waals surface area (Å²) in [6, 6.07) is 3.71. The largest absolute Gasteiger partial charge is 0.386 e. The lowest BCUT2D eigenvalue weighted by Crippen LogP contribution is -2.33. The first-order chi connectivity index (χ1) is 7.79. The molecule has 0 aliphatic carbocycles. The minimum absolute atomic E-state index is 0.0643. The van der Waals surface area contributed by atoms with Crippen molar-refractivity contribution in [3.63, 3.8) is 0 Å². The molecule has 3 nitrogen and oxygen atoms in total. The summed E-state index contributed by atoms with van der Waals surface area (Å²) in [5.41, 5.74) is 0.355. The van der Waals surface area contributed by atoms with Gasteiger partial charge in [0.2, 0.25) is 0 Å². The van der Waals surface area contributed by atoms with Crippen molar-refractivity contribution in [3.05, 3.63) is 33.7 Å². The highest BCUT2D eigenvalue weighted by atomic mass is 16.3. The van der Waals surface area contributed by atoms with Gasteiger partial charge in [0.05, 0.1) is 5.60 Å². The Morgan fingerprint density at radius 1 is 1.35 bits per heavy atom. The zero-order valence-corrected chi connectivity index (χ0v) is 11.4. The van der Waals surface area contributed by atoms with Gasteiger partial charge in [-0.15, -0.1) is 0 Å². The predicted molar refractivity (Wildman–Crippen MR) is 70.3 cm³/mol. The van der Waals surface area contributed by atoms with Crippen LogP contribution in [0.5, 0.6) is 0 Å². The monoisotopic (exact) mass is 237 g/mol. The molecule has 0 spiro atoms. The number of pyridine rings is 1. The van der Waals surface area contributed by atoms with Crippen molar-refractivity contribution in [1.82, 2.24) is 4.57 Å². The van der Waals surface area contributed by atoms with Crippen molar-refractivity contribution in [2.45, 2.75) is 59.1 Å². The summed E-state index contributed by atoms with van der Waals surface area (Å²) in [4.78, 5) is 12.3. The molecule has 1 N–H and O–H groups in total. The van der Waals surface area contributed by atoms with Crippen LogP contribution in [-0.4, -0.2) is 9.67 Å². The molecule has 0 saturated heterocycles. The Hall–Kier alpha value is -1.09. The average Bonchev–Trinajstić information content (AvgIpc) is 2.18. The molecule has 0 bridgehead atoms. The molecule has 3 heteroatoms. The lowest BCUT2D eigenvalue weighted by Gasteiger charge is -2.21. The normalized spacial score (nSPS) is 12.2. The molecule has 0 fully saturated rings. The summed E-state index contributed by atoms with van der Waals surface area (Å²) in [7, 11) is 0. The molecule has 1 aromatic heterocycles. The summed E-state index contributed by atoms with van der Waals surface area (Å²) in [6.07, 6.45) is 0.912. The topological polar surface area (TPSA) is 42.2 Å². The van der Waals surface area contributed by atoms with Gasteiger partial charge in [-0.05, 0) is 38.3 Å². The number of rotatable bonds is 4. The van der Waals surface area contributed by atoms with E-state index in [0.717, 1.165) is 12.1 Å². The Morgan fingerprint density at radius 3 is 2.35 bits per heavy atom. The summed E-state index contributed by atoms with van der Waals surface area (Å²) < 4.78 is 1.79. The van der Waals surface area contributed by atoms with Crippen LogP contribution >= 0.6 is 0 Å². The zero-order valence-electron chi connectivity index (χ0n) is 11.4. The first-order valence-electron chi connectivity index (χ1n) is 6.25. The average molecular weight is 237 g/mol. The van der Waals surface area contributed by atoms with Crippen LogP contribution in [-0.2, 0) is 12.1 Å². The lowest BCUT2D eigenvalue weighted by atomic mass is 9.98.